The van der Waals surface area contributed by atoms with E-state index in [2.05, 4.69) is 10.3 Å². The van der Waals surface area contributed by atoms with Crippen LogP contribution in [0.3, 0.4) is 0 Å². The lowest BCUT2D eigenvalue weighted by atomic mass is 10.2. The molecule has 0 aliphatic heterocycles. The lowest BCUT2D eigenvalue weighted by Crippen LogP contribution is -2.23. The monoisotopic (exact) mass is 276 g/mol. The average Bonchev–Trinajstić information content (AvgIpc) is 2.87. The first-order chi connectivity index (χ1) is 9.08. The van der Waals surface area contributed by atoms with Gasteiger partial charge < -0.3 is 10.3 Å². The zero-order valence-corrected chi connectivity index (χ0v) is 11.1. The number of hydrogen-bond donors (Lipinski definition) is 2. The Kier molecular flexibility index (Phi) is 4.02. The molecule has 2 rings (SSSR count). The lowest BCUT2D eigenvalue weighted by molar-refractivity contribution is 0.0946. The fraction of sp³-hybridized carbons (Fsp3) is 0.143. The molecule has 5 heteroatoms. The molecule has 0 spiro atoms. The van der Waals surface area contributed by atoms with Crippen molar-refractivity contribution in [3.05, 3.63) is 58.4 Å². The maximum Gasteiger partial charge on any atom is 0.267 e. The van der Waals surface area contributed by atoms with Crippen LogP contribution in [-0.2, 0) is 6.54 Å². The van der Waals surface area contributed by atoms with Crippen molar-refractivity contribution in [2.24, 2.45) is 0 Å². The molecule has 0 saturated carbocycles. The molecule has 0 saturated heterocycles. The number of Topliss-reactive ketones (excluding diaryl/α,β-unsaturated/α-hetero) is 1. The number of carbonyl (C=O) groups is 2. The Hall–Kier alpha value is -2.07. The van der Waals surface area contributed by atoms with Crippen LogP contribution in [0.15, 0.2) is 36.4 Å². The summed E-state index contributed by atoms with van der Waals surface area (Å²) in [4.78, 5) is 25.8. The van der Waals surface area contributed by atoms with E-state index in [0.29, 0.717) is 23.0 Å². The van der Waals surface area contributed by atoms with Gasteiger partial charge in [0.25, 0.3) is 5.91 Å². The molecular formula is C14H13ClN2O2. The van der Waals surface area contributed by atoms with E-state index in [4.69, 9.17) is 11.6 Å². The number of halogens is 1. The van der Waals surface area contributed by atoms with Crippen molar-refractivity contribution in [1.82, 2.24) is 10.3 Å². The Morgan fingerprint density at radius 3 is 2.47 bits per heavy atom. The molecule has 0 aliphatic rings. The first-order valence-electron chi connectivity index (χ1n) is 5.79. The topological polar surface area (TPSA) is 62.0 Å². The van der Waals surface area contributed by atoms with Crippen LogP contribution in [0.2, 0.25) is 5.02 Å². The average molecular weight is 277 g/mol. The van der Waals surface area contributed by atoms with Crippen LogP contribution < -0.4 is 5.32 Å². The summed E-state index contributed by atoms with van der Waals surface area (Å²) in [5.74, 6) is -0.377. The van der Waals surface area contributed by atoms with Gasteiger partial charge in [0.15, 0.2) is 5.78 Å². The Bertz CT molecular complexity index is 619. The summed E-state index contributed by atoms with van der Waals surface area (Å²) in [6.07, 6.45) is 0. The first-order valence-corrected chi connectivity index (χ1v) is 6.17. The molecule has 19 heavy (non-hydrogen) atoms. The second kappa shape index (κ2) is 5.71. The van der Waals surface area contributed by atoms with Gasteiger partial charge >= 0.3 is 0 Å². The summed E-state index contributed by atoms with van der Waals surface area (Å²) < 4.78 is 0. The van der Waals surface area contributed by atoms with Gasteiger partial charge in [-0.15, -0.1) is 0 Å². The van der Waals surface area contributed by atoms with Crippen molar-refractivity contribution < 1.29 is 9.59 Å². The molecule has 0 atom stereocenters. The molecule has 98 valence electrons. The number of benzene rings is 1. The quantitative estimate of drug-likeness (QED) is 0.844. The molecule has 4 nitrogen and oxygen atoms in total. The fourth-order valence-corrected chi connectivity index (χ4v) is 1.85. The highest BCUT2D eigenvalue weighted by Crippen LogP contribution is 2.14. The minimum absolute atomic E-state index is 0.106. The molecule has 2 aromatic rings. The molecule has 0 aliphatic carbocycles. The summed E-state index contributed by atoms with van der Waals surface area (Å²) in [5.41, 5.74) is 1.62. The first kappa shape index (κ1) is 13.4. The van der Waals surface area contributed by atoms with Crippen LogP contribution in [0.25, 0.3) is 0 Å². The van der Waals surface area contributed by atoms with Gasteiger partial charge in [-0.3, -0.25) is 9.59 Å². The third-order valence-corrected chi connectivity index (χ3v) is 3.08. The van der Waals surface area contributed by atoms with E-state index in [1.54, 1.807) is 18.2 Å². The van der Waals surface area contributed by atoms with Gasteiger partial charge in [0.1, 0.15) is 5.69 Å². The van der Waals surface area contributed by atoms with E-state index in [9.17, 15) is 9.59 Å². The molecular weight excluding hydrogens is 264 g/mol. The molecule has 0 bridgehead atoms. The Morgan fingerprint density at radius 2 is 1.84 bits per heavy atom. The number of H-pyrrole nitrogens is 1. The van der Waals surface area contributed by atoms with E-state index in [1.807, 2.05) is 18.2 Å². The number of amides is 1. The van der Waals surface area contributed by atoms with Crippen LogP contribution in [-0.4, -0.2) is 16.7 Å². The highest BCUT2D eigenvalue weighted by molar-refractivity contribution is 6.31. The number of ketones is 1. The maximum absolute atomic E-state index is 11.9. The highest BCUT2D eigenvalue weighted by Gasteiger charge is 2.10. The maximum atomic E-state index is 11.9. The molecule has 1 aromatic carbocycles. The number of carbonyl (C=O) groups excluding carboxylic acids is 2. The molecule has 1 amide bonds. The molecule has 1 heterocycles. The standard InChI is InChI=1S/C14H13ClN2O2/c1-9(18)12-6-7-13(17-12)14(19)16-8-10-4-2-3-5-11(10)15/h2-7,17H,8H2,1H3,(H,16,19). The Balaban J connectivity index is 2.01. The number of aromatic nitrogens is 1. The molecule has 0 unspecified atom stereocenters. The SMILES string of the molecule is CC(=O)c1ccc(C(=O)NCc2ccccc2Cl)[nH]1. The molecule has 1 aromatic heterocycles. The van der Waals surface area contributed by atoms with Gasteiger partial charge in [-0.05, 0) is 23.8 Å². The van der Waals surface area contributed by atoms with Crippen LogP contribution in [0, 0.1) is 0 Å². The number of nitrogens with one attached hydrogen (secondary N) is 2. The fourth-order valence-electron chi connectivity index (χ4n) is 1.65. The predicted octanol–water partition coefficient (Wildman–Crippen LogP) is 2.80. The van der Waals surface area contributed by atoms with Gasteiger partial charge in [-0.2, -0.15) is 0 Å². The summed E-state index contributed by atoms with van der Waals surface area (Å²) in [6.45, 7) is 1.78. The van der Waals surface area contributed by atoms with Crippen molar-refractivity contribution in [3.63, 3.8) is 0 Å². The molecule has 0 fully saturated rings. The zero-order valence-electron chi connectivity index (χ0n) is 10.4. The summed E-state index contributed by atoms with van der Waals surface area (Å²) in [7, 11) is 0. The van der Waals surface area contributed by atoms with Crippen LogP contribution in [0.5, 0.6) is 0 Å². The summed E-state index contributed by atoms with van der Waals surface area (Å²) in [6, 6.07) is 10.5. The van der Waals surface area contributed by atoms with Gasteiger partial charge in [0, 0.05) is 18.5 Å². The summed E-state index contributed by atoms with van der Waals surface area (Å²) in [5, 5.41) is 3.35. The van der Waals surface area contributed by atoms with Gasteiger partial charge in [0.2, 0.25) is 0 Å². The van der Waals surface area contributed by atoms with Gasteiger partial charge in [0.05, 0.1) is 5.69 Å². The smallest absolute Gasteiger partial charge is 0.267 e. The van der Waals surface area contributed by atoms with Gasteiger partial charge in [-0.1, -0.05) is 29.8 Å². The lowest BCUT2D eigenvalue weighted by Gasteiger charge is -2.05. The molecule has 0 radical (unpaired) electrons. The minimum Gasteiger partial charge on any atom is -0.348 e. The number of rotatable bonds is 4. The van der Waals surface area contributed by atoms with E-state index >= 15 is 0 Å². The second-order valence-electron chi connectivity index (χ2n) is 4.12. The Morgan fingerprint density at radius 1 is 1.16 bits per heavy atom. The van der Waals surface area contributed by atoms with Crippen molar-refractivity contribution in [2.75, 3.05) is 0 Å². The zero-order chi connectivity index (χ0) is 13.8. The third kappa shape index (κ3) is 3.23. The highest BCUT2D eigenvalue weighted by atomic mass is 35.5. The van der Waals surface area contributed by atoms with E-state index in [-0.39, 0.29) is 11.7 Å². The third-order valence-electron chi connectivity index (χ3n) is 2.71. The van der Waals surface area contributed by atoms with E-state index in [0.717, 1.165) is 5.56 Å². The van der Waals surface area contributed by atoms with Crippen LogP contribution in [0.4, 0.5) is 0 Å². The summed E-state index contributed by atoms with van der Waals surface area (Å²) >= 11 is 6.00. The largest absolute Gasteiger partial charge is 0.348 e. The van der Waals surface area contributed by atoms with Crippen molar-refractivity contribution in [1.29, 1.82) is 0 Å². The number of hydrogen-bond acceptors (Lipinski definition) is 2. The number of aromatic amines is 1. The van der Waals surface area contributed by atoms with Crippen molar-refractivity contribution in [2.45, 2.75) is 13.5 Å². The minimum atomic E-state index is -0.271. The normalized spacial score (nSPS) is 10.2. The van der Waals surface area contributed by atoms with E-state index in [1.165, 1.54) is 6.92 Å². The predicted molar refractivity (Wildman–Crippen MR) is 73.4 cm³/mol. The van der Waals surface area contributed by atoms with Gasteiger partial charge in [-0.25, -0.2) is 0 Å². The Labute approximate surface area is 115 Å². The molecule has 2 N–H and O–H groups in total. The van der Waals surface area contributed by atoms with Crippen molar-refractivity contribution in [3.8, 4) is 0 Å². The van der Waals surface area contributed by atoms with Crippen LogP contribution in [0.1, 0.15) is 33.5 Å². The second-order valence-corrected chi connectivity index (χ2v) is 4.52. The van der Waals surface area contributed by atoms with Crippen LogP contribution >= 0.6 is 11.6 Å². The van der Waals surface area contributed by atoms with E-state index < -0.39 is 0 Å². The van der Waals surface area contributed by atoms with Crippen molar-refractivity contribution >= 4 is 23.3 Å².